The van der Waals surface area contributed by atoms with Gasteiger partial charge >= 0.3 is 0 Å². The molecule has 1 unspecified atom stereocenters. The zero-order chi connectivity index (χ0) is 9.10. The second-order valence-corrected chi connectivity index (χ2v) is 4.92. The smallest absolute Gasteiger partial charge is 0.0418 e. The van der Waals surface area contributed by atoms with E-state index in [1.165, 1.54) is 37.0 Å². The molecule has 0 saturated heterocycles. The summed E-state index contributed by atoms with van der Waals surface area (Å²) in [4.78, 5) is 1.37. The van der Waals surface area contributed by atoms with Gasteiger partial charge in [0.2, 0.25) is 0 Å². The maximum Gasteiger partial charge on any atom is 0.0418 e. The summed E-state index contributed by atoms with van der Waals surface area (Å²) in [6, 6.07) is 4.58. The van der Waals surface area contributed by atoms with Crippen LogP contribution in [-0.4, -0.2) is 0 Å². The fraction of sp³-hybridized carbons (Fsp3) is 0.636. The Morgan fingerprint density at radius 1 is 1.31 bits per heavy atom. The van der Waals surface area contributed by atoms with Crippen LogP contribution in [0.15, 0.2) is 17.5 Å². The van der Waals surface area contributed by atoms with Gasteiger partial charge in [-0.3, -0.25) is 0 Å². The first-order valence-electron chi connectivity index (χ1n) is 5.17. The van der Waals surface area contributed by atoms with Gasteiger partial charge in [-0.1, -0.05) is 25.3 Å². The average molecular weight is 195 g/mol. The van der Waals surface area contributed by atoms with Crippen molar-refractivity contribution in [2.24, 2.45) is 11.7 Å². The summed E-state index contributed by atoms with van der Waals surface area (Å²) < 4.78 is 0. The summed E-state index contributed by atoms with van der Waals surface area (Å²) in [6.07, 6.45) is 6.83. The molecule has 1 fully saturated rings. The highest BCUT2D eigenvalue weighted by atomic mass is 32.1. The highest BCUT2D eigenvalue weighted by Crippen LogP contribution is 2.34. The highest BCUT2D eigenvalue weighted by Gasteiger charge is 2.21. The Balaban J connectivity index is 1.99. The van der Waals surface area contributed by atoms with Crippen LogP contribution in [0.25, 0.3) is 0 Å². The van der Waals surface area contributed by atoms with Gasteiger partial charge in [0, 0.05) is 10.9 Å². The third-order valence-electron chi connectivity index (χ3n) is 3.03. The predicted molar refractivity (Wildman–Crippen MR) is 57.8 cm³/mol. The van der Waals surface area contributed by atoms with Crippen molar-refractivity contribution in [3.63, 3.8) is 0 Å². The van der Waals surface area contributed by atoms with Gasteiger partial charge in [-0.15, -0.1) is 11.3 Å². The predicted octanol–water partition coefficient (Wildman–Crippen LogP) is 3.33. The minimum atomic E-state index is 0.306. The molecule has 1 nitrogen and oxygen atoms in total. The van der Waals surface area contributed by atoms with Crippen LogP contribution in [0, 0.1) is 5.92 Å². The van der Waals surface area contributed by atoms with Gasteiger partial charge in [0.05, 0.1) is 0 Å². The molecule has 1 aliphatic rings. The first kappa shape index (κ1) is 9.22. The SMILES string of the molecule is NC(c1cccs1)C1CCCCC1. The summed E-state index contributed by atoms with van der Waals surface area (Å²) in [7, 11) is 0. The molecule has 1 aromatic heterocycles. The van der Waals surface area contributed by atoms with Gasteiger partial charge in [-0.25, -0.2) is 0 Å². The molecule has 13 heavy (non-hydrogen) atoms. The van der Waals surface area contributed by atoms with E-state index in [-0.39, 0.29) is 0 Å². The van der Waals surface area contributed by atoms with Gasteiger partial charge in [0.25, 0.3) is 0 Å². The molecule has 2 heteroatoms. The minimum Gasteiger partial charge on any atom is -0.323 e. The molecule has 1 heterocycles. The molecule has 0 spiro atoms. The Kier molecular flexibility index (Phi) is 3.01. The van der Waals surface area contributed by atoms with Crippen molar-refractivity contribution in [3.05, 3.63) is 22.4 Å². The molecular weight excluding hydrogens is 178 g/mol. The number of rotatable bonds is 2. The lowest BCUT2D eigenvalue weighted by molar-refractivity contribution is 0.311. The van der Waals surface area contributed by atoms with E-state index in [2.05, 4.69) is 17.5 Å². The molecular formula is C11H17NS. The van der Waals surface area contributed by atoms with Gasteiger partial charge in [-0.05, 0) is 30.2 Å². The quantitative estimate of drug-likeness (QED) is 0.769. The Hall–Kier alpha value is -0.340. The maximum absolute atomic E-state index is 6.22. The van der Waals surface area contributed by atoms with Gasteiger partial charge < -0.3 is 5.73 Å². The van der Waals surface area contributed by atoms with E-state index < -0.39 is 0 Å². The van der Waals surface area contributed by atoms with Crippen molar-refractivity contribution in [3.8, 4) is 0 Å². The second kappa shape index (κ2) is 4.25. The first-order chi connectivity index (χ1) is 6.38. The monoisotopic (exact) mass is 195 g/mol. The average Bonchev–Trinajstić information content (AvgIpc) is 2.71. The van der Waals surface area contributed by atoms with Crippen molar-refractivity contribution < 1.29 is 0 Å². The summed E-state index contributed by atoms with van der Waals surface area (Å²) in [5.41, 5.74) is 6.22. The zero-order valence-electron chi connectivity index (χ0n) is 7.91. The number of nitrogens with two attached hydrogens (primary N) is 1. The Labute approximate surface area is 84.0 Å². The minimum absolute atomic E-state index is 0.306. The lowest BCUT2D eigenvalue weighted by Crippen LogP contribution is -2.22. The topological polar surface area (TPSA) is 26.0 Å². The summed E-state index contributed by atoms with van der Waals surface area (Å²) >= 11 is 1.80. The van der Waals surface area contributed by atoms with Crippen LogP contribution >= 0.6 is 11.3 Å². The van der Waals surface area contributed by atoms with Crippen LogP contribution in [0.1, 0.15) is 43.0 Å². The Morgan fingerprint density at radius 2 is 2.08 bits per heavy atom. The summed E-state index contributed by atoms with van der Waals surface area (Å²) in [5.74, 6) is 0.743. The molecule has 0 amide bonds. The Morgan fingerprint density at radius 3 is 2.69 bits per heavy atom. The van der Waals surface area contributed by atoms with Gasteiger partial charge in [-0.2, -0.15) is 0 Å². The second-order valence-electron chi connectivity index (χ2n) is 3.94. The molecule has 1 saturated carbocycles. The molecule has 1 atom stereocenters. The lowest BCUT2D eigenvalue weighted by atomic mass is 9.84. The fourth-order valence-corrected chi connectivity index (χ4v) is 3.03. The molecule has 2 rings (SSSR count). The van der Waals surface area contributed by atoms with E-state index >= 15 is 0 Å². The van der Waals surface area contributed by atoms with E-state index in [0.29, 0.717) is 6.04 Å². The standard InChI is InChI=1S/C11H17NS/c12-11(10-7-4-8-13-10)9-5-2-1-3-6-9/h4,7-9,11H,1-3,5-6,12H2. The number of thiophene rings is 1. The van der Waals surface area contributed by atoms with Crippen molar-refractivity contribution >= 4 is 11.3 Å². The van der Waals surface area contributed by atoms with Gasteiger partial charge in [0.1, 0.15) is 0 Å². The van der Waals surface area contributed by atoms with Crippen LogP contribution in [-0.2, 0) is 0 Å². The normalized spacial score (nSPS) is 21.6. The van der Waals surface area contributed by atoms with E-state index in [4.69, 9.17) is 5.73 Å². The molecule has 72 valence electrons. The molecule has 0 radical (unpaired) electrons. The van der Waals surface area contributed by atoms with Gasteiger partial charge in [0.15, 0.2) is 0 Å². The van der Waals surface area contributed by atoms with Crippen LogP contribution in [0.4, 0.5) is 0 Å². The number of hydrogen-bond acceptors (Lipinski definition) is 2. The van der Waals surface area contributed by atoms with E-state index in [1.807, 2.05) is 0 Å². The molecule has 0 aliphatic heterocycles. The van der Waals surface area contributed by atoms with E-state index in [9.17, 15) is 0 Å². The van der Waals surface area contributed by atoms with Crippen molar-refractivity contribution in [2.45, 2.75) is 38.1 Å². The van der Waals surface area contributed by atoms with E-state index in [1.54, 1.807) is 11.3 Å². The highest BCUT2D eigenvalue weighted by molar-refractivity contribution is 7.10. The zero-order valence-corrected chi connectivity index (χ0v) is 8.72. The van der Waals surface area contributed by atoms with Crippen molar-refractivity contribution in [1.82, 2.24) is 0 Å². The van der Waals surface area contributed by atoms with Crippen LogP contribution in [0.3, 0.4) is 0 Å². The maximum atomic E-state index is 6.22. The fourth-order valence-electron chi connectivity index (χ4n) is 2.21. The molecule has 2 N–H and O–H groups in total. The largest absolute Gasteiger partial charge is 0.323 e. The van der Waals surface area contributed by atoms with Crippen LogP contribution in [0.5, 0.6) is 0 Å². The first-order valence-corrected chi connectivity index (χ1v) is 6.05. The molecule has 0 aromatic carbocycles. The molecule has 1 aromatic rings. The van der Waals surface area contributed by atoms with Crippen LogP contribution < -0.4 is 5.73 Å². The summed E-state index contributed by atoms with van der Waals surface area (Å²) in [5, 5.41) is 2.12. The summed E-state index contributed by atoms with van der Waals surface area (Å²) in [6.45, 7) is 0. The van der Waals surface area contributed by atoms with Crippen molar-refractivity contribution in [1.29, 1.82) is 0 Å². The van der Waals surface area contributed by atoms with Crippen molar-refractivity contribution in [2.75, 3.05) is 0 Å². The Bertz CT molecular complexity index is 237. The van der Waals surface area contributed by atoms with Crippen LogP contribution in [0.2, 0.25) is 0 Å². The van der Waals surface area contributed by atoms with E-state index in [0.717, 1.165) is 5.92 Å². The third-order valence-corrected chi connectivity index (χ3v) is 4.00. The number of hydrogen-bond donors (Lipinski definition) is 1. The third kappa shape index (κ3) is 2.12. The lowest BCUT2D eigenvalue weighted by Gasteiger charge is -2.26. The molecule has 0 bridgehead atoms. The molecule has 1 aliphatic carbocycles.